The summed E-state index contributed by atoms with van der Waals surface area (Å²) in [7, 11) is 1.84. The number of likely N-dealkylation sites (N-methyl/N-ethyl adjacent to an activating group) is 1. The van der Waals surface area contributed by atoms with Crippen molar-refractivity contribution in [1.29, 1.82) is 0 Å². The zero-order valence-corrected chi connectivity index (χ0v) is 16.4. The minimum Gasteiger partial charge on any atom is -0.379 e. The van der Waals surface area contributed by atoms with Crippen molar-refractivity contribution in [2.75, 3.05) is 26.7 Å². The number of nitrogens with zero attached hydrogens (tertiary/aromatic N) is 3. The van der Waals surface area contributed by atoms with E-state index in [1.165, 1.54) is 30.6 Å². The van der Waals surface area contributed by atoms with E-state index in [4.69, 9.17) is 0 Å². The second kappa shape index (κ2) is 7.33. The fraction of sp³-hybridized carbons (Fsp3) is 0.632. The summed E-state index contributed by atoms with van der Waals surface area (Å²) >= 11 is 1.37. The van der Waals surface area contributed by atoms with Crippen LogP contribution in [-0.2, 0) is 11.3 Å². The molecule has 3 heterocycles. The zero-order chi connectivity index (χ0) is 19.0. The lowest BCUT2D eigenvalue weighted by atomic mass is 9.83. The molecule has 0 spiro atoms. The molecule has 27 heavy (non-hydrogen) atoms. The van der Waals surface area contributed by atoms with Gasteiger partial charge in [0, 0.05) is 19.6 Å². The van der Waals surface area contributed by atoms with E-state index in [-0.39, 0.29) is 18.0 Å². The van der Waals surface area contributed by atoms with Gasteiger partial charge in [-0.1, -0.05) is 6.42 Å². The van der Waals surface area contributed by atoms with Gasteiger partial charge in [0.2, 0.25) is 0 Å². The number of fused-ring (bicyclic) bond motifs is 1. The van der Waals surface area contributed by atoms with Crippen LogP contribution in [0.1, 0.15) is 37.9 Å². The first-order valence-corrected chi connectivity index (χ1v) is 10.5. The summed E-state index contributed by atoms with van der Waals surface area (Å²) in [4.78, 5) is 36.0. The number of carbonyl (C=O) groups excluding carboxylic acids is 1. The second-order valence-electron chi connectivity index (χ2n) is 8.00. The number of hydrogen-bond donors (Lipinski definition) is 2. The van der Waals surface area contributed by atoms with E-state index in [1.54, 1.807) is 0 Å². The molecule has 0 radical (unpaired) electrons. The number of likely N-dealkylation sites (tertiary alicyclic amines) is 1. The molecule has 0 unspecified atom stereocenters. The van der Waals surface area contributed by atoms with Crippen LogP contribution in [0.15, 0.2) is 16.2 Å². The van der Waals surface area contributed by atoms with Gasteiger partial charge in [-0.05, 0) is 50.1 Å². The lowest BCUT2D eigenvalue weighted by molar-refractivity contribution is -0.160. The molecule has 1 saturated carbocycles. The number of rotatable bonds is 6. The van der Waals surface area contributed by atoms with Crippen molar-refractivity contribution in [3.05, 3.63) is 27.6 Å². The Balaban J connectivity index is 1.43. The van der Waals surface area contributed by atoms with Gasteiger partial charge in [-0.2, -0.15) is 0 Å². The average molecular weight is 391 g/mol. The molecule has 2 aliphatic rings. The molecule has 1 amide bonds. The fourth-order valence-corrected chi connectivity index (χ4v) is 4.85. The van der Waals surface area contributed by atoms with Gasteiger partial charge in [0.15, 0.2) is 5.60 Å². The van der Waals surface area contributed by atoms with Crippen LogP contribution in [0.3, 0.4) is 0 Å². The van der Waals surface area contributed by atoms with Crippen LogP contribution in [0, 0.1) is 5.92 Å². The highest BCUT2D eigenvalue weighted by atomic mass is 32.1. The largest absolute Gasteiger partial charge is 0.379 e. The van der Waals surface area contributed by atoms with Gasteiger partial charge < -0.3 is 15.0 Å². The number of carbonyl (C=O) groups is 1. The molecule has 1 atom stereocenters. The Hall–Kier alpha value is -1.77. The maximum absolute atomic E-state index is 12.9. The summed E-state index contributed by atoms with van der Waals surface area (Å²) in [6.07, 6.45) is 4.92. The molecule has 2 aromatic rings. The molecule has 7 nitrogen and oxygen atoms in total. The van der Waals surface area contributed by atoms with Gasteiger partial charge in [0.05, 0.1) is 12.1 Å². The van der Waals surface area contributed by atoms with Crippen molar-refractivity contribution in [3.63, 3.8) is 0 Å². The topological polar surface area (TPSA) is 89.5 Å². The molecular formula is C19H26N4O3S. The van der Waals surface area contributed by atoms with Crippen molar-refractivity contribution in [3.8, 4) is 0 Å². The molecule has 0 aromatic carbocycles. The van der Waals surface area contributed by atoms with Crippen LogP contribution in [-0.4, -0.2) is 63.1 Å². The van der Waals surface area contributed by atoms with Crippen molar-refractivity contribution in [1.82, 2.24) is 19.8 Å². The molecule has 0 bridgehead atoms. The Morgan fingerprint density at radius 1 is 1.41 bits per heavy atom. The number of aliphatic hydroxyl groups is 1. The molecule has 4 rings (SSSR count). The van der Waals surface area contributed by atoms with E-state index < -0.39 is 5.60 Å². The third kappa shape index (κ3) is 3.79. The second-order valence-corrected chi connectivity index (χ2v) is 8.92. The first-order valence-electron chi connectivity index (χ1n) is 9.61. The molecule has 2 N–H and O–H groups in total. The number of thiophene rings is 1. The Morgan fingerprint density at radius 2 is 2.22 bits per heavy atom. The molecule has 1 aliphatic carbocycles. The van der Waals surface area contributed by atoms with Crippen LogP contribution >= 0.6 is 11.3 Å². The SMILES string of the molecule is CN(Cc1nc2ccsc2c(=O)[nH]1)C[C@@]1(O)CCCN(CC2CCC2)C1=O. The van der Waals surface area contributed by atoms with E-state index in [0.29, 0.717) is 34.9 Å². The molecule has 8 heteroatoms. The van der Waals surface area contributed by atoms with Crippen LogP contribution < -0.4 is 5.56 Å². The van der Waals surface area contributed by atoms with Gasteiger partial charge in [-0.25, -0.2) is 4.98 Å². The predicted molar refractivity (Wildman–Crippen MR) is 105 cm³/mol. The zero-order valence-electron chi connectivity index (χ0n) is 15.6. The Bertz CT molecular complexity index is 890. The number of hydrogen-bond acceptors (Lipinski definition) is 6. The third-order valence-electron chi connectivity index (χ3n) is 5.72. The van der Waals surface area contributed by atoms with Crippen LogP contribution in [0.2, 0.25) is 0 Å². The van der Waals surface area contributed by atoms with Gasteiger partial charge in [0.1, 0.15) is 10.5 Å². The van der Waals surface area contributed by atoms with Gasteiger partial charge in [-0.15, -0.1) is 11.3 Å². The molecular weight excluding hydrogens is 364 g/mol. The Morgan fingerprint density at radius 3 is 2.96 bits per heavy atom. The highest BCUT2D eigenvalue weighted by Gasteiger charge is 2.43. The van der Waals surface area contributed by atoms with Crippen LogP contribution in [0.4, 0.5) is 0 Å². The summed E-state index contributed by atoms with van der Waals surface area (Å²) in [5.41, 5.74) is -0.812. The number of aromatic amines is 1. The highest BCUT2D eigenvalue weighted by Crippen LogP contribution is 2.30. The van der Waals surface area contributed by atoms with Gasteiger partial charge in [0.25, 0.3) is 11.5 Å². The maximum atomic E-state index is 12.9. The smallest absolute Gasteiger partial charge is 0.268 e. The van der Waals surface area contributed by atoms with E-state index in [2.05, 4.69) is 9.97 Å². The van der Waals surface area contributed by atoms with Crippen molar-refractivity contribution in [2.24, 2.45) is 5.92 Å². The first kappa shape index (κ1) is 18.6. The maximum Gasteiger partial charge on any atom is 0.268 e. The Labute approximate surface area is 162 Å². The predicted octanol–water partition coefficient (Wildman–Crippen LogP) is 1.57. The fourth-order valence-electron chi connectivity index (χ4n) is 4.13. The van der Waals surface area contributed by atoms with Crippen LogP contribution in [0.5, 0.6) is 0 Å². The summed E-state index contributed by atoms with van der Waals surface area (Å²) in [5.74, 6) is 0.995. The van der Waals surface area contributed by atoms with Gasteiger partial charge in [-0.3, -0.25) is 14.5 Å². The van der Waals surface area contributed by atoms with Crippen LogP contribution in [0.25, 0.3) is 10.2 Å². The molecule has 146 valence electrons. The number of amides is 1. The van der Waals surface area contributed by atoms with Crippen molar-refractivity contribution in [2.45, 2.75) is 44.2 Å². The van der Waals surface area contributed by atoms with E-state index in [1.807, 2.05) is 28.3 Å². The number of nitrogens with one attached hydrogen (secondary N) is 1. The Kier molecular flexibility index (Phi) is 5.05. The number of piperidine rings is 1. The minimum absolute atomic E-state index is 0.141. The lowest BCUT2D eigenvalue weighted by Gasteiger charge is -2.42. The van der Waals surface area contributed by atoms with Crippen molar-refractivity contribution >= 4 is 27.5 Å². The van der Waals surface area contributed by atoms with E-state index >= 15 is 0 Å². The van der Waals surface area contributed by atoms with E-state index in [9.17, 15) is 14.7 Å². The summed E-state index contributed by atoms with van der Waals surface area (Å²) in [5, 5.41) is 12.9. The lowest BCUT2D eigenvalue weighted by Crippen LogP contribution is -2.59. The van der Waals surface area contributed by atoms with Crippen molar-refractivity contribution < 1.29 is 9.90 Å². The van der Waals surface area contributed by atoms with Gasteiger partial charge >= 0.3 is 0 Å². The van der Waals surface area contributed by atoms with E-state index in [0.717, 1.165) is 19.5 Å². The quantitative estimate of drug-likeness (QED) is 0.782. The summed E-state index contributed by atoms with van der Waals surface area (Å²) in [6, 6.07) is 1.83. The summed E-state index contributed by atoms with van der Waals surface area (Å²) < 4.78 is 0.620. The third-order valence-corrected chi connectivity index (χ3v) is 6.62. The minimum atomic E-state index is -1.36. The monoisotopic (exact) mass is 390 g/mol. The molecule has 2 fully saturated rings. The molecule has 2 aromatic heterocycles. The molecule has 1 saturated heterocycles. The first-order chi connectivity index (χ1) is 12.9. The molecule has 1 aliphatic heterocycles. The standard InChI is InChI=1S/C19H26N4O3S/c1-22(11-15-20-14-6-9-27-16(14)17(24)21-15)12-19(26)7-3-8-23(18(19)25)10-13-4-2-5-13/h6,9,13,26H,2-5,7-8,10-12H2,1H3,(H,20,21,24)/t19-/m0/s1. The highest BCUT2D eigenvalue weighted by molar-refractivity contribution is 7.17. The average Bonchev–Trinajstić information content (AvgIpc) is 3.03. The number of H-pyrrole nitrogens is 1. The number of aromatic nitrogens is 2. The summed E-state index contributed by atoms with van der Waals surface area (Å²) in [6.45, 7) is 2.12. The normalized spacial score (nSPS) is 24.0.